The predicted molar refractivity (Wildman–Crippen MR) is 95.1 cm³/mol. The second-order valence-corrected chi connectivity index (χ2v) is 7.05. The van der Waals surface area contributed by atoms with E-state index in [1.54, 1.807) is 11.3 Å². The molecule has 0 radical (unpaired) electrons. The fraction of sp³-hybridized carbons (Fsp3) is 0.421. The van der Waals surface area contributed by atoms with Crippen molar-refractivity contribution in [3.63, 3.8) is 0 Å². The number of piperidine rings is 1. The van der Waals surface area contributed by atoms with Crippen molar-refractivity contribution in [1.82, 2.24) is 9.88 Å². The van der Waals surface area contributed by atoms with Crippen LogP contribution >= 0.6 is 11.3 Å². The van der Waals surface area contributed by atoms with Gasteiger partial charge in [-0.3, -0.25) is 4.79 Å². The van der Waals surface area contributed by atoms with E-state index < -0.39 is 0 Å². The Kier molecular flexibility index (Phi) is 5.27. The van der Waals surface area contributed by atoms with Crippen LogP contribution in [0.2, 0.25) is 0 Å². The summed E-state index contributed by atoms with van der Waals surface area (Å²) >= 11 is 1.71. The number of likely N-dealkylation sites (tertiary alicyclic amines) is 1. The van der Waals surface area contributed by atoms with Gasteiger partial charge >= 0.3 is 0 Å². The van der Waals surface area contributed by atoms with Gasteiger partial charge in [-0.05, 0) is 37.0 Å². The molecule has 1 atom stereocenters. The van der Waals surface area contributed by atoms with Crippen LogP contribution in [-0.4, -0.2) is 28.9 Å². The van der Waals surface area contributed by atoms with E-state index in [1.807, 2.05) is 29.2 Å². The lowest BCUT2D eigenvalue weighted by Gasteiger charge is -2.32. The number of aryl methyl sites for hydroxylation is 1. The quantitative estimate of drug-likeness (QED) is 0.851. The molecule has 5 heteroatoms. The third-order valence-electron chi connectivity index (χ3n) is 4.45. The summed E-state index contributed by atoms with van der Waals surface area (Å²) in [5.41, 5.74) is 2.71. The molecule has 1 aromatic carbocycles. The molecule has 1 aromatic heterocycles. The van der Waals surface area contributed by atoms with Crippen molar-refractivity contribution in [2.24, 2.45) is 0 Å². The van der Waals surface area contributed by atoms with Crippen molar-refractivity contribution in [2.75, 3.05) is 13.1 Å². The number of nitrogens with zero attached hydrogens (tertiary/aromatic N) is 3. The van der Waals surface area contributed by atoms with Crippen molar-refractivity contribution in [3.8, 4) is 6.07 Å². The van der Waals surface area contributed by atoms with Crippen molar-refractivity contribution < 1.29 is 4.79 Å². The van der Waals surface area contributed by atoms with Crippen LogP contribution in [0, 0.1) is 11.3 Å². The molecular formula is C19H21N3OS. The van der Waals surface area contributed by atoms with Gasteiger partial charge in [-0.25, -0.2) is 4.98 Å². The summed E-state index contributed by atoms with van der Waals surface area (Å²) in [4.78, 5) is 19.5. The van der Waals surface area contributed by atoms with Crippen LogP contribution in [0.3, 0.4) is 0 Å². The molecule has 0 N–H and O–H groups in total. The monoisotopic (exact) mass is 339 g/mol. The fourth-order valence-corrected chi connectivity index (χ4v) is 4.15. The summed E-state index contributed by atoms with van der Waals surface area (Å²) in [6.07, 6.45) is 3.39. The number of carbonyl (C=O) groups is 1. The summed E-state index contributed by atoms with van der Waals surface area (Å²) in [6.45, 7) is 3.64. The molecule has 1 aliphatic heterocycles. The molecule has 0 unspecified atom stereocenters. The zero-order valence-electron chi connectivity index (χ0n) is 13.9. The van der Waals surface area contributed by atoms with Gasteiger partial charge in [0.05, 0.1) is 23.2 Å². The van der Waals surface area contributed by atoms with E-state index in [1.165, 1.54) is 0 Å². The number of benzene rings is 1. The number of hydrogen-bond donors (Lipinski definition) is 0. The number of thiazole rings is 1. The topological polar surface area (TPSA) is 57.0 Å². The minimum absolute atomic E-state index is 0.0618. The third-order valence-corrected chi connectivity index (χ3v) is 5.50. The first-order valence-corrected chi connectivity index (χ1v) is 9.28. The summed E-state index contributed by atoms with van der Waals surface area (Å²) in [5.74, 6) is 0.405. The Labute approximate surface area is 146 Å². The molecule has 0 aliphatic carbocycles. The lowest BCUT2D eigenvalue weighted by atomic mass is 9.97. The predicted octanol–water partition coefficient (Wildman–Crippen LogP) is 3.79. The number of rotatable bonds is 4. The fourth-order valence-electron chi connectivity index (χ4n) is 3.12. The zero-order valence-corrected chi connectivity index (χ0v) is 14.7. The lowest BCUT2D eigenvalue weighted by molar-refractivity contribution is 0.0707. The van der Waals surface area contributed by atoms with Gasteiger partial charge in [-0.15, -0.1) is 11.3 Å². The summed E-state index contributed by atoms with van der Waals surface area (Å²) in [5, 5.41) is 12.1. The Morgan fingerprint density at radius 2 is 2.38 bits per heavy atom. The minimum atomic E-state index is 0.0618. The molecule has 124 valence electrons. The van der Waals surface area contributed by atoms with Crippen LogP contribution < -0.4 is 0 Å². The molecule has 1 aliphatic rings. The highest BCUT2D eigenvalue weighted by atomic mass is 32.1. The van der Waals surface area contributed by atoms with Gasteiger partial charge in [0.1, 0.15) is 0 Å². The second-order valence-electron chi connectivity index (χ2n) is 6.16. The molecular weight excluding hydrogens is 318 g/mol. The van der Waals surface area contributed by atoms with Gasteiger partial charge in [0.15, 0.2) is 0 Å². The van der Waals surface area contributed by atoms with Crippen molar-refractivity contribution in [2.45, 2.75) is 38.5 Å². The number of hydrogen-bond acceptors (Lipinski definition) is 4. The lowest BCUT2D eigenvalue weighted by Crippen LogP contribution is -2.39. The maximum atomic E-state index is 12.8. The zero-order chi connectivity index (χ0) is 16.9. The first-order chi connectivity index (χ1) is 11.7. The maximum absolute atomic E-state index is 12.8. The van der Waals surface area contributed by atoms with E-state index in [0.29, 0.717) is 17.9 Å². The van der Waals surface area contributed by atoms with Crippen LogP contribution in [0.5, 0.6) is 0 Å². The van der Waals surface area contributed by atoms with Gasteiger partial charge in [-0.2, -0.15) is 5.26 Å². The highest BCUT2D eigenvalue weighted by Crippen LogP contribution is 2.30. The highest BCUT2D eigenvalue weighted by molar-refractivity contribution is 7.09. The van der Waals surface area contributed by atoms with E-state index in [9.17, 15) is 4.79 Å². The Morgan fingerprint density at radius 1 is 1.50 bits per heavy atom. The Morgan fingerprint density at radius 3 is 3.12 bits per heavy atom. The Hall–Kier alpha value is -2.19. The minimum Gasteiger partial charge on any atom is -0.338 e. The van der Waals surface area contributed by atoms with Crippen LogP contribution in [0.25, 0.3) is 0 Å². The molecule has 2 heterocycles. The van der Waals surface area contributed by atoms with E-state index in [2.05, 4.69) is 18.4 Å². The molecule has 2 aromatic rings. The van der Waals surface area contributed by atoms with Crippen LogP contribution in [0.4, 0.5) is 0 Å². The summed E-state index contributed by atoms with van der Waals surface area (Å²) in [7, 11) is 0. The van der Waals surface area contributed by atoms with E-state index in [0.717, 1.165) is 48.6 Å². The van der Waals surface area contributed by atoms with Crippen molar-refractivity contribution in [1.29, 1.82) is 5.26 Å². The van der Waals surface area contributed by atoms with E-state index >= 15 is 0 Å². The van der Waals surface area contributed by atoms with E-state index in [4.69, 9.17) is 10.2 Å². The maximum Gasteiger partial charge on any atom is 0.253 e. The molecule has 0 bridgehead atoms. The highest BCUT2D eigenvalue weighted by Gasteiger charge is 2.27. The molecule has 4 nitrogen and oxygen atoms in total. The SMILES string of the molecule is CCc1csc([C@@H]2CCCN(C(=O)c3cccc(CC#N)c3)C2)n1. The average molecular weight is 339 g/mol. The van der Waals surface area contributed by atoms with Crippen LogP contribution in [0.15, 0.2) is 29.6 Å². The number of amides is 1. The van der Waals surface area contributed by atoms with Gasteiger partial charge in [0, 0.05) is 30.0 Å². The van der Waals surface area contributed by atoms with Gasteiger partial charge in [0.2, 0.25) is 0 Å². The first kappa shape index (κ1) is 16.7. The molecule has 24 heavy (non-hydrogen) atoms. The van der Waals surface area contributed by atoms with Gasteiger partial charge in [0.25, 0.3) is 5.91 Å². The number of aromatic nitrogens is 1. The first-order valence-electron chi connectivity index (χ1n) is 8.40. The Balaban J connectivity index is 1.73. The molecule has 1 amide bonds. The molecule has 0 saturated carbocycles. The number of carbonyl (C=O) groups excluding carboxylic acids is 1. The standard InChI is InChI=1S/C19H21N3OS/c1-2-17-13-24-18(21-17)16-7-4-10-22(12-16)19(23)15-6-3-5-14(11-15)8-9-20/h3,5-6,11,13,16H,2,4,7-8,10,12H2,1H3/t16-/m1/s1. The number of nitriles is 1. The van der Waals surface area contributed by atoms with Gasteiger partial charge in [-0.1, -0.05) is 19.1 Å². The average Bonchev–Trinajstić information content (AvgIpc) is 3.11. The van der Waals surface area contributed by atoms with Crippen LogP contribution in [-0.2, 0) is 12.8 Å². The van der Waals surface area contributed by atoms with E-state index in [-0.39, 0.29) is 5.91 Å². The molecule has 0 spiro atoms. The largest absolute Gasteiger partial charge is 0.338 e. The van der Waals surface area contributed by atoms with Crippen LogP contribution in [0.1, 0.15) is 52.3 Å². The molecule has 1 fully saturated rings. The van der Waals surface area contributed by atoms with Crippen molar-refractivity contribution in [3.05, 3.63) is 51.5 Å². The smallest absolute Gasteiger partial charge is 0.253 e. The second kappa shape index (κ2) is 7.59. The van der Waals surface area contributed by atoms with Gasteiger partial charge < -0.3 is 4.90 Å². The Bertz CT molecular complexity index is 762. The third kappa shape index (κ3) is 3.65. The van der Waals surface area contributed by atoms with Crippen molar-refractivity contribution >= 4 is 17.2 Å². The molecule has 1 saturated heterocycles. The summed E-state index contributed by atoms with van der Waals surface area (Å²) < 4.78 is 0. The normalized spacial score (nSPS) is 17.5. The summed E-state index contributed by atoms with van der Waals surface area (Å²) in [6, 6.07) is 9.56. The molecule has 3 rings (SSSR count).